The van der Waals surface area contributed by atoms with Crippen LogP contribution in [0.1, 0.15) is 165 Å². The van der Waals surface area contributed by atoms with Crippen LogP contribution in [-0.4, -0.2) is 68.5 Å². The van der Waals surface area contributed by atoms with E-state index in [-0.39, 0.29) is 0 Å². The molecule has 4 N–H and O–H groups in total. The molecule has 0 amide bonds. The van der Waals surface area contributed by atoms with Gasteiger partial charge in [0, 0.05) is 44.3 Å². The largest absolute Gasteiger partial charge is 0.494 e. The summed E-state index contributed by atoms with van der Waals surface area (Å²) in [5.41, 5.74) is 13.2. The molecule has 0 unspecified atom stereocenters. The minimum absolute atomic E-state index is 0.440. The summed E-state index contributed by atoms with van der Waals surface area (Å²) in [5.74, 6) is 0.398. The van der Waals surface area contributed by atoms with Crippen molar-refractivity contribution in [1.82, 2.24) is 19.9 Å². The number of carbonyl (C=O) groups is 2. The minimum Gasteiger partial charge on any atom is -0.494 e. The Bertz CT molecular complexity index is 3250. The maximum atomic E-state index is 11.4. The van der Waals surface area contributed by atoms with Gasteiger partial charge in [-0.2, -0.15) is 0 Å². The first-order chi connectivity index (χ1) is 41.2. The SMILES string of the molecule is CCCCCCCCCCCCOc1ccc(-c2c3nc(c(-c4ccc(OCC(=O)O)cc4)c4ccc([nH]4)c(-c4ccc(OCCCCCCCCCCCC)cc4)c4nc(c(-c5ccc(OCC(=O)O)cc5)c5ccc2[nH]5)C=C4)C=C3)cc1. The molecule has 12 heteroatoms. The second kappa shape index (κ2) is 31.3. The molecule has 0 radical (unpaired) electrons. The fraction of sp³-hybridized carbons (Fsp3) is 0.361. The third-order valence-electron chi connectivity index (χ3n) is 15.6. The van der Waals surface area contributed by atoms with E-state index in [1.807, 2.05) is 60.7 Å². The van der Waals surface area contributed by atoms with E-state index in [9.17, 15) is 19.8 Å². The zero-order valence-electron chi connectivity index (χ0n) is 49.1. The summed E-state index contributed by atoms with van der Waals surface area (Å²) in [6.45, 7) is 4.94. The number of nitrogens with zero attached hydrogens (tertiary/aromatic N) is 2. The van der Waals surface area contributed by atoms with Gasteiger partial charge in [0.25, 0.3) is 0 Å². The summed E-state index contributed by atoms with van der Waals surface area (Å²) >= 11 is 0. The predicted molar refractivity (Wildman–Crippen MR) is 342 cm³/mol. The Morgan fingerprint density at radius 3 is 0.821 bits per heavy atom. The standard InChI is InChI=1S/C72H82N4O8/c1-3-5-7-9-11-13-15-17-19-21-47-81-55-31-23-51(24-32-55)69-59-39-43-63(73-59)71(53-27-35-57(36-28-53)83-49-67(77)78)65-45-41-61(75-65)70(52-25-33-56(34-26-52)82-48-22-20-18-16-14-12-10-8-6-4-2)62-42-46-66(76-62)72(64-44-40-60(69)74-64)54-29-37-58(38-30-54)84-50-68(79)80/h23-46,73,76H,3-22,47-50H2,1-2H3,(H,77,78)(H,79,80). The Balaban J connectivity index is 1.11. The summed E-state index contributed by atoms with van der Waals surface area (Å²) in [4.78, 5) is 41.4. The van der Waals surface area contributed by atoms with Crippen molar-refractivity contribution in [2.24, 2.45) is 0 Å². The molecular formula is C72H82N4O8. The van der Waals surface area contributed by atoms with E-state index in [0.29, 0.717) is 24.7 Å². The van der Waals surface area contributed by atoms with Gasteiger partial charge < -0.3 is 39.1 Å². The summed E-state index contributed by atoms with van der Waals surface area (Å²) < 4.78 is 23.8. The van der Waals surface area contributed by atoms with Gasteiger partial charge in [0.05, 0.1) is 36.0 Å². The molecule has 3 aromatic heterocycles. The first kappa shape index (κ1) is 60.2. The number of carboxylic acids is 2. The molecule has 2 aliphatic heterocycles. The fourth-order valence-corrected chi connectivity index (χ4v) is 11.1. The molecule has 4 aromatic carbocycles. The summed E-state index contributed by atoms with van der Waals surface area (Å²) in [7, 11) is 0. The van der Waals surface area contributed by atoms with Crippen LogP contribution in [0.25, 0.3) is 90.9 Å². The molecule has 0 fully saturated rings. The van der Waals surface area contributed by atoms with Crippen LogP contribution < -0.4 is 18.9 Å². The fourth-order valence-electron chi connectivity index (χ4n) is 11.1. The number of benzene rings is 4. The van der Waals surface area contributed by atoms with E-state index in [4.69, 9.17) is 28.9 Å². The molecule has 0 aliphatic carbocycles. The second-order valence-corrected chi connectivity index (χ2v) is 22.0. The lowest BCUT2D eigenvalue weighted by atomic mass is 10.0. The number of aliphatic carboxylic acids is 2. The lowest BCUT2D eigenvalue weighted by Crippen LogP contribution is -2.09. The number of fused-ring (bicyclic) bond motifs is 8. The Morgan fingerprint density at radius 1 is 0.333 bits per heavy atom. The van der Waals surface area contributed by atoms with Gasteiger partial charge in [-0.25, -0.2) is 19.6 Å². The first-order valence-electron chi connectivity index (χ1n) is 30.8. The van der Waals surface area contributed by atoms with Crippen LogP contribution in [0, 0.1) is 0 Å². The van der Waals surface area contributed by atoms with Gasteiger partial charge in [-0.3, -0.25) is 0 Å². The van der Waals surface area contributed by atoms with Crippen molar-refractivity contribution in [2.45, 2.75) is 142 Å². The molecule has 0 saturated carbocycles. The molecular weight excluding hydrogens is 1050 g/mol. The van der Waals surface area contributed by atoms with Crippen LogP contribution >= 0.6 is 0 Å². The van der Waals surface area contributed by atoms with E-state index >= 15 is 0 Å². The Kier molecular flexibility index (Phi) is 22.5. The number of rotatable bonds is 34. The highest BCUT2D eigenvalue weighted by Crippen LogP contribution is 2.40. The van der Waals surface area contributed by atoms with E-state index in [2.05, 4.69) is 84.5 Å². The van der Waals surface area contributed by atoms with Crippen molar-refractivity contribution in [3.63, 3.8) is 0 Å². The molecule has 0 atom stereocenters. The molecule has 0 spiro atoms. The van der Waals surface area contributed by atoms with E-state index in [1.54, 1.807) is 24.3 Å². The van der Waals surface area contributed by atoms with Crippen molar-refractivity contribution >= 4 is 58.3 Å². The van der Waals surface area contributed by atoms with Crippen molar-refractivity contribution in [1.29, 1.82) is 0 Å². The van der Waals surface area contributed by atoms with Gasteiger partial charge in [0.2, 0.25) is 0 Å². The molecule has 0 saturated heterocycles. The topological polar surface area (TPSA) is 169 Å². The number of nitrogens with one attached hydrogen (secondary N) is 2. The van der Waals surface area contributed by atoms with Crippen molar-refractivity contribution in [3.05, 3.63) is 144 Å². The maximum Gasteiger partial charge on any atom is 0.341 e. The normalized spacial score (nSPS) is 11.7. The lowest BCUT2D eigenvalue weighted by Gasteiger charge is -2.10. The summed E-state index contributed by atoms with van der Waals surface area (Å²) in [6.07, 6.45) is 33.5. The van der Waals surface area contributed by atoms with E-state index < -0.39 is 25.2 Å². The van der Waals surface area contributed by atoms with Gasteiger partial charge >= 0.3 is 11.9 Å². The third-order valence-corrected chi connectivity index (χ3v) is 15.6. The van der Waals surface area contributed by atoms with Crippen LogP contribution in [0.2, 0.25) is 0 Å². The van der Waals surface area contributed by atoms with Crippen LogP contribution in [-0.2, 0) is 9.59 Å². The number of aromatic nitrogens is 4. The number of hydrogen-bond acceptors (Lipinski definition) is 8. The number of carboxylic acid groups (broad SMARTS) is 2. The van der Waals surface area contributed by atoms with Gasteiger partial charge in [-0.05, 0) is 132 Å². The third kappa shape index (κ3) is 16.9. The van der Waals surface area contributed by atoms with Gasteiger partial charge in [0.1, 0.15) is 23.0 Å². The van der Waals surface area contributed by atoms with Crippen molar-refractivity contribution in [3.8, 4) is 67.5 Å². The average Bonchev–Trinajstić information content (AvgIpc) is 4.51. The van der Waals surface area contributed by atoms with Crippen molar-refractivity contribution < 1.29 is 38.7 Å². The summed E-state index contributed by atoms with van der Waals surface area (Å²) in [6, 6.07) is 39.7. The molecule has 8 bridgehead atoms. The van der Waals surface area contributed by atoms with E-state index in [0.717, 1.165) is 127 Å². The number of H-pyrrole nitrogens is 2. The van der Waals surface area contributed by atoms with Gasteiger partial charge in [-0.1, -0.05) is 178 Å². The average molecular weight is 1130 g/mol. The molecule has 2 aliphatic rings. The predicted octanol–water partition coefficient (Wildman–Crippen LogP) is 18.8. The van der Waals surface area contributed by atoms with Crippen LogP contribution in [0.4, 0.5) is 0 Å². The number of aromatic amines is 2. The summed E-state index contributed by atoms with van der Waals surface area (Å²) in [5, 5.41) is 18.7. The smallest absolute Gasteiger partial charge is 0.341 e. The number of unbranched alkanes of at least 4 members (excludes halogenated alkanes) is 18. The highest BCUT2D eigenvalue weighted by atomic mass is 16.5. The second-order valence-electron chi connectivity index (χ2n) is 22.0. The molecule has 5 heterocycles. The zero-order valence-corrected chi connectivity index (χ0v) is 49.1. The Morgan fingerprint density at radius 2 is 0.571 bits per heavy atom. The van der Waals surface area contributed by atoms with Gasteiger partial charge in [0.15, 0.2) is 13.2 Å². The maximum absolute atomic E-state index is 11.4. The number of ether oxygens (including phenoxy) is 4. The Hall–Kier alpha value is -8.38. The van der Waals surface area contributed by atoms with E-state index in [1.165, 1.54) is 103 Å². The molecule has 12 nitrogen and oxygen atoms in total. The zero-order chi connectivity index (χ0) is 58.3. The number of hydrogen-bond donors (Lipinski definition) is 4. The minimum atomic E-state index is -1.05. The molecule has 9 rings (SSSR count). The molecule has 84 heavy (non-hydrogen) atoms. The quantitative estimate of drug-likeness (QED) is 0.0285. The molecule has 7 aromatic rings. The monoisotopic (exact) mass is 1130 g/mol. The van der Waals surface area contributed by atoms with Crippen LogP contribution in [0.5, 0.6) is 23.0 Å². The van der Waals surface area contributed by atoms with Gasteiger partial charge in [-0.15, -0.1) is 0 Å². The van der Waals surface area contributed by atoms with Crippen LogP contribution in [0.3, 0.4) is 0 Å². The molecule has 438 valence electrons. The highest BCUT2D eigenvalue weighted by Gasteiger charge is 2.20. The highest BCUT2D eigenvalue weighted by molar-refractivity contribution is 6.00. The van der Waals surface area contributed by atoms with Crippen molar-refractivity contribution in [2.75, 3.05) is 26.4 Å². The van der Waals surface area contributed by atoms with Crippen LogP contribution in [0.15, 0.2) is 121 Å². The first-order valence-corrected chi connectivity index (χ1v) is 30.8. The Labute approximate surface area is 495 Å². The lowest BCUT2D eigenvalue weighted by molar-refractivity contribution is -0.140.